The third kappa shape index (κ3) is 2.09. The Morgan fingerprint density at radius 1 is 1.16 bits per heavy atom. The second-order valence-corrected chi connectivity index (χ2v) is 4.18. The Morgan fingerprint density at radius 3 is 2.79 bits per heavy atom. The Hall–Kier alpha value is -2.24. The highest BCUT2D eigenvalue weighted by molar-refractivity contribution is 5.80. The first-order valence-corrected chi connectivity index (χ1v) is 5.69. The molecule has 1 aromatic carbocycles. The number of nitrogens with zero attached hydrogens (tertiary/aromatic N) is 3. The van der Waals surface area contributed by atoms with Gasteiger partial charge in [-0.1, -0.05) is 0 Å². The van der Waals surface area contributed by atoms with Gasteiger partial charge in [0, 0.05) is 29.5 Å². The number of alkyl halides is 2. The molecule has 0 aliphatic carbocycles. The second-order valence-electron chi connectivity index (χ2n) is 4.18. The van der Waals surface area contributed by atoms with Crippen LogP contribution in [0.5, 0.6) is 0 Å². The van der Waals surface area contributed by atoms with Gasteiger partial charge in [-0.3, -0.25) is 4.57 Å². The summed E-state index contributed by atoms with van der Waals surface area (Å²) < 4.78 is 41.1. The van der Waals surface area contributed by atoms with Gasteiger partial charge in [-0.05, 0) is 24.3 Å². The topological polar surface area (TPSA) is 22.8 Å². The summed E-state index contributed by atoms with van der Waals surface area (Å²) in [5.41, 5.74) is 0.783. The molecular weight excluding hydrogens is 255 g/mol. The van der Waals surface area contributed by atoms with Crippen molar-refractivity contribution in [2.75, 3.05) is 0 Å². The van der Waals surface area contributed by atoms with Gasteiger partial charge in [-0.15, -0.1) is 0 Å². The van der Waals surface area contributed by atoms with Crippen LogP contribution in [0, 0.1) is 5.82 Å². The highest BCUT2D eigenvalue weighted by Gasteiger charge is 2.12. The van der Waals surface area contributed by atoms with Crippen molar-refractivity contribution >= 4 is 10.9 Å². The van der Waals surface area contributed by atoms with Crippen LogP contribution in [0.25, 0.3) is 10.9 Å². The van der Waals surface area contributed by atoms with Crippen LogP contribution < -0.4 is 0 Å². The predicted octanol–water partition coefficient (Wildman–Crippen LogP) is 3.42. The van der Waals surface area contributed by atoms with Gasteiger partial charge in [0.05, 0.1) is 6.54 Å². The zero-order chi connectivity index (χ0) is 13.4. The van der Waals surface area contributed by atoms with Crippen LogP contribution in [-0.2, 0) is 6.54 Å². The molecule has 0 aliphatic heterocycles. The maximum atomic E-state index is 13.1. The number of imidazole rings is 1. The zero-order valence-electron chi connectivity index (χ0n) is 9.80. The lowest BCUT2D eigenvalue weighted by molar-refractivity contribution is 0.0667. The standard InChI is InChI=1S/C13H10F3N3/c14-10-1-2-11-9(7-10)3-5-18(11)8-12-17-4-6-19(12)13(15)16/h1-7,13H,8H2. The minimum atomic E-state index is -2.61. The quantitative estimate of drug-likeness (QED) is 0.711. The van der Waals surface area contributed by atoms with E-state index in [0.29, 0.717) is 0 Å². The summed E-state index contributed by atoms with van der Waals surface area (Å²) in [4.78, 5) is 3.92. The highest BCUT2D eigenvalue weighted by atomic mass is 19.3. The molecule has 0 atom stereocenters. The van der Waals surface area contributed by atoms with Gasteiger partial charge >= 0.3 is 6.55 Å². The van der Waals surface area contributed by atoms with E-state index >= 15 is 0 Å². The lowest BCUT2D eigenvalue weighted by Gasteiger charge is -2.08. The van der Waals surface area contributed by atoms with E-state index in [1.807, 2.05) is 0 Å². The molecule has 2 aromatic heterocycles. The Kier molecular flexibility index (Phi) is 2.77. The molecule has 0 unspecified atom stereocenters. The highest BCUT2D eigenvalue weighted by Crippen LogP contribution is 2.19. The fourth-order valence-electron chi connectivity index (χ4n) is 2.11. The van der Waals surface area contributed by atoms with Gasteiger partial charge in [0.25, 0.3) is 0 Å². The maximum absolute atomic E-state index is 13.1. The fraction of sp³-hybridized carbons (Fsp3) is 0.154. The van der Waals surface area contributed by atoms with E-state index in [-0.39, 0.29) is 18.2 Å². The molecule has 3 nitrogen and oxygen atoms in total. The van der Waals surface area contributed by atoms with Crippen molar-refractivity contribution in [2.45, 2.75) is 13.1 Å². The monoisotopic (exact) mass is 265 g/mol. The summed E-state index contributed by atoms with van der Waals surface area (Å²) in [6.07, 6.45) is 4.31. The Balaban J connectivity index is 1.99. The van der Waals surface area contributed by atoms with E-state index in [9.17, 15) is 13.2 Å². The molecule has 0 radical (unpaired) electrons. The molecule has 3 aromatic rings. The van der Waals surface area contributed by atoms with Crippen molar-refractivity contribution in [2.24, 2.45) is 0 Å². The van der Waals surface area contributed by atoms with Crippen molar-refractivity contribution in [1.82, 2.24) is 14.1 Å². The minimum absolute atomic E-state index is 0.215. The normalized spacial score (nSPS) is 11.6. The number of fused-ring (bicyclic) bond motifs is 1. The molecule has 0 saturated carbocycles. The fourth-order valence-corrected chi connectivity index (χ4v) is 2.11. The van der Waals surface area contributed by atoms with Crippen LogP contribution in [-0.4, -0.2) is 14.1 Å². The first kappa shape index (κ1) is 11.8. The van der Waals surface area contributed by atoms with Crippen LogP contribution in [0.2, 0.25) is 0 Å². The number of hydrogen-bond acceptors (Lipinski definition) is 1. The van der Waals surface area contributed by atoms with Crippen molar-refractivity contribution < 1.29 is 13.2 Å². The van der Waals surface area contributed by atoms with Gasteiger partial charge < -0.3 is 4.57 Å². The Labute approximate surface area is 106 Å². The predicted molar refractivity (Wildman–Crippen MR) is 64.5 cm³/mol. The molecule has 0 aliphatic rings. The average molecular weight is 265 g/mol. The number of aromatic nitrogens is 3. The summed E-state index contributed by atoms with van der Waals surface area (Å²) >= 11 is 0. The zero-order valence-corrected chi connectivity index (χ0v) is 9.80. The van der Waals surface area contributed by atoms with Crippen LogP contribution in [0.1, 0.15) is 12.4 Å². The van der Waals surface area contributed by atoms with E-state index in [1.165, 1.54) is 24.5 Å². The van der Waals surface area contributed by atoms with Gasteiger partial charge in [-0.2, -0.15) is 8.78 Å². The first-order valence-electron chi connectivity index (χ1n) is 5.69. The molecule has 2 heterocycles. The molecule has 0 saturated heterocycles. The molecule has 0 fully saturated rings. The molecule has 19 heavy (non-hydrogen) atoms. The van der Waals surface area contributed by atoms with Crippen LogP contribution in [0.3, 0.4) is 0 Å². The van der Waals surface area contributed by atoms with Crippen LogP contribution in [0.15, 0.2) is 42.9 Å². The third-order valence-electron chi connectivity index (χ3n) is 3.00. The maximum Gasteiger partial charge on any atom is 0.319 e. The molecule has 0 N–H and O–H groups in total. The summed E-state index contributed by atoms with van der Waals surface area (Å²) in [5.74, 6) is -0.0591. The minimum Gasteiger partial charge on any atom is -0.340 e. The molecular formula is C13H10F3N3. The SMILES string of the molecule is Fc1ccc2c(ccn2Cc2nccn2C(F)F)c1. The smallest absolute Gasteiger partial charge is 0.319 e. The number of benzene rings is 1. The largest absolute Gasteiger partial charge is 0.340 e. The van der Waals surface area contributed by atoms with Gasteiger partial charge in [0.2, 0.25) is 0 Å². The van der Waals surface area contributed by atoms with E-state index in [0.717, 1.165) is 15.5 Å². The number of hydrogen-bond donors (Lipinski definition) is 0. The molecule has 3 rings (SSSR count). The summed E-state index contributed by atoms with van der Waals surface area (Å²) in [6, 6.07) is 6.12. The van der Waals surface area contributed by atoms with E-state index in [2.05, 4.69) is 4.98 Å². The van der Waals surface area contributed by atoms with E-state index < -0.39 is 6.55 Å². The molecule has 0 spiro atoms. The Morgan fingerprint density at radius 2 is 2.00 bits per heavy atom. The molecule has 6 heteroatoms. The average Bonchev–Trinajstić information content (AvgIpc) is 2.97. The lowest BCUT2D eigenvalue weighted by atomic mass is 10.2. The van der Waals surface area contributed by atoms with Crippen molar-refractivity contribution in [3.05, 3.63) is 54.5 Å². The van der Waals surface area contributed by atoms with E-state index in [1.54, 1.807) is 22.9 Å². The Bertz CT molecular complexity index is 715. The molecule has 0 amide bonds. The van der Waals surface area contributed by atoms with E-state index in [4.69, 9.17) is 0 Å². The van der Waals surface area contributed by atoms with Crippen molar-refractivity contribution in [1.29, 1.82) is 0 Å². The summed E-state index contributed by atoms with van der Waals surface area (Å²) in [6.45, 7) is -2.40. The van der Waals surface area contributed by atoms with Crippen LogP contribution in [0.4, 0.5) is 13.2 Å². The molecule has 0 bridgehead atoms. The number of rotatable bonds is 3. The van der Waals surface area contributed by atoms with Crippen LogP contribution >= 0.6 is 0 Å². The lowest BCUT2D eigenvalue weighted by Crippen LogP contribution is -2.08. The van der Waals surface area contributed by atoms with Crippen molar-refractivity contribution in [3.63, 3.8) is 0 Å². The first-order chi connectivity index (χ1) is 9.15. The number of halogens is 3. The molecule has 98 valence electrons. The second kappa shape index (κ2) is 4.46. The van der Waals surface area contributed by atoms with Gasteiger partial charge in [0.15, 0.2) is 0 Å². The van der Waals surface area contributed by atoms with Gasteiger partial charge in [0.1, 0.15) is 11.6 Å². The van der Waals surface area contributed by atoms with Gasteiger partial charge in [-0.25, -0.2) is 9.37 Å². The third-order valence-corrected chi connectivity index (χ3v) is 3.00. The summed E-state index contributed by atoms with van der Waals surface area (Å²) in [7, 11) is 0. The summed E-state index contributed by atoms with van der Waals surface area (Å²) in [5, 5.41) is 0.732. The van der Waals surface area contributed by atoms with Crippen molar-refractivity contribution in [3.8, 4) is 0 Å².